The fourth-order valence-corrected chi connectivity index (χ4v) is 0.663. The zero-order chi connectivity index (χ0) is 10.1. The molecule has 0 saturated heterocycles. The van der Waals surface area contributed by atoms with E-state index in [-0.39, 0.29) is 0 Å². The van der Waals surface area contributed by atoms with Gasteiger partial charge in [0.2, 0.25) is 5.90 Å². The lowest BCUT2D eigenvalue weighted by Gasteiger charge is -2.04. The van der Waals surface area contributed by atoms with E-state index in [9.17, 15) is 4.79 Å². The minimum atomic E-state index is -0.590. The molecule has 0 bridgehead atoms. The van der Waals surface area contributed by atoms with Crippen molar-refractivity contribution in [3.05, 3.63) is 0 Å². The smallest absolute Gasteiger partial charge is 0.433 e. The van der Waals surface area contributed by atoms with Gasteiger partial charge >= 0.3 is 6.09 Å². The SMILES string of the molecule is CCCC(=NOC(=O)NC)OCC. The molecule has 0 fully saturated rings. The van der Waals surface area contributed by atoms with Crippen molar-refractivity contribution in [1.82, 2.24) is 5.32 Å². The Hall–Kier alpha value is -1.26. The Morgan fingerprint density at radius 2 is 2.15 bits per heavy atom. The summed E-state index contributed by atoms with van der Waals surface area (Å²) >= 11 is 0. The molecule has 0 aliphatic heterocycles. The van der Waals surface area contributed by atoms with Crippen molar-refractivity contribution in [1.29, 1.82) is 0 Å². The first-order chi connectivity index (χ1) is 6.24. The number of hydrogen-bond donors (Lipinski definition) is 1. The van der Waals surface area contributed by atoms with E-state index in [2.05, 4.69) is 15.3 Å². The number of oxime groups is 1. The van der Waals surface area contributed by atoms with Gasteiger partial charge in [-0.1, -0.05) is 6.92 Å². The minimum absolute atomic E-state index is 0.452. The molecule has 0 rings (SSSR count). The second-order valence-corrected chi connectivity index (χ2v) is 2.30. The summed E-state index contributed by atoms with van der Waals surface area (Å²) in [4.78, 5) is 15.1. The zero-order valence-corrected chi connectivity index (χ0v) is 8.29. The maximum atomic E-state index is 10.6. The first-order valence-corrected chi connectivity index (χ1v) is 4.32. The van der Waals surface area contributed by atoms with Gasteiger partial charge in [0.1, 0.15) is 0 Å². The number of carbonyl (C=O) groups is 1. The van der Waals surface area contributed by atoms with E-state index in [1.165, 1.54) is 7.05 Å². The average Bonchev–Trinajstić information content (AvgIpc) is 2.14. The molecule has 0 aliphatic carbocycles. The predicted molar refractivity (Wildman–Crippen MR) is 49.5 cm³/mol. The number of carbonyl (C=O) groups excluding carboxylic acids is 1. The van der Waals surface area contributed by atoms with Gasteiger partial charge in [-0.2, -0.15) is 0 Å². The maximum Gasteiger partial charge on any atom is 0.433 e. The van der Waals surface area contributed by atoms with Gasteiger partial charge in [0.15, 0.2) is 0 Å². The fraction of sp³-hybridized carbons (Fsp3) is 0.750. The zero-order valence-electron chi connectivity index (χ0n) is 8.29. The first-order valence-electron chi connectivity index (χ1n) is 4.32. The molecule has 0 unspecified atom stereocenters. The van der Waals surface area contributed by atoms with E-state index < -0.39 is 6.09 Å². The molecule has 0 saturated carbocycles. The van der Waals surface area contributed by atoms with Crippen molar-refractivity contribution < 1.29 is 14.4 Å². The standard InChI is InChI=1S/C8H16N2O3/c1-4-6-7(12-5-2)10-13-8(11)9-3/h4-6H2,1-3H3,(H,9,11). The number of ether oxygens (including phenoxy) is 1. The van der Waals surface area contributed by atoms with Crippen LogP contribution in [0.25, 0.3) is 0 Å². The fourth-order valence-electron chi connectivity index (χ4n) is 0.663. The van der Waals surface area contributed by atoms with Crippen molar-refractivity contribution in [2.45, 2.75) is 26.7 Å². The van der Waals surface area contributed by atoms with Crippen LogP contribution in [0.3, 0.4) is 0 Å². The highest BCUT2D eigenvalue weighted by molar-refractivity contribution is 5.76. The quantitative estimate of drug-likeness (QED) is 0.315. The molecule has 0 aromatic carbocycles. The summed E-state index contributed by atoms with van der Waals surface area (Å²) in [6, 6.07) is 0. The molecule has 0 heterocycles. The highest BCUT2D eigenvalue weighted by Gasteiger charge is 2.01. The van der Waals surface area contributed by atoms with Crippen LogP contribution < -0.4 is 5.32 Å². The minimum Gasteiger partial charge on any atom is -0.479 e. The van der Waals surface area contributed by atoms with Gasteiger partial charge in [-0.25, -0.2) is 4.79 Å². The van der Waals surface area contributed by atoms with Gasteiger partial charge in [0, 0.05) is 13.5 Å². The summed E-state index contributed by atoms with van der Waals surface area (Å²) in [5.74, 6) is 0.452. The summed E-state index contributed by atoms with van der Waals surface area (Å²) in [5, 5.41) is 5.84. The molecule has 1 N–H and O–H groups in total. The van der Waals surface area contributed by atoms with Crippen LogP contribution in [0.1, 0.15) is 26.7 Å². The number of rotatable bonds is 4. The van der Waals surface area contributed by atoms with E-state index in [0.717, 1.165) is 6.42 Å². The second kappa shape index (κ2) is 7.39. The van der Waals surface area contributed by atoms with E-state index >= 15 is 0 Å². The topological polar surface area (TPSA) is 59.9 Å². The van der Waals surface area contributed by atoms with Crippen molar-refractivity contribution in [3.63, 3.8) is 0 Å². The Morgan fingerprint density at radius 1 is 1.46 bits per heavy atom. The van der Waals surface area contributed by atoms with Crippen molar-refractivity contribution in [2.75, 3.05) is 13.7 Å². The van der Waals surface area contributed by atoms with Gasteiger partial charge < -0.3 is 10.1 Å². The third-order valence-electron chi connectivity index (χ3n) is 1.21. The number of nitrogens with one attached hydrogen (secondary N) is 1. The third-order valence-corrected chi connectivity index (χ3v) is 1.21. The van der Waals surface area contributed by atoms with E-state index in [1.807, 2.05) is 13.8 Å². The molecule has 13 heavy (non-hydrogen) atoms. The lowest BCUT2D eigenvalue weighted by molar-refractivity contribution is 0.146. The molecule has 5 nitrogen and oxygen atoms in total. The van der Waals surface area contributed by atoms with Crippen LogP contribution in [-0.4, -0.2) is 25.6 Å². The number of hydrogen-bond acceptors (Lipinski definition) is 4. The molecule has 0 spiro atoms. The third kappa shape index (κ3) is 5.95. The lowest BCUT2D eigenvalue weighted by atomic mass is 10.3. The molecular formula is C8H16N2O3. The Bertz CT molecular complexity index is 172. The first kappa shape index (κ1) is 11.7. The predicted octanol–water partition coefficient (Wildman–Crippen LogP) is 1.49. The molecule has 0 aromatic rings. The van der Waals surface area contributed by atoms with Gasteiger partial charge in [-0.05, 0) is 18.5 Å². The van der Waals surface area contributed by atoms with Crippen molar-refractivity contribution in [3.8, 4) is 0 Å². The van der Waals surface area contributed by atoms with Gasteiger partial charge in [0.25, 0.3) is 0 Å². The highest BCUT2D eigenvalue weighted by atomic mass is 16.7. The lowest BCUT2D eigenvalue weighted by Crippen LogP contribution is -2.18. The summed E-state index contributed by atoms with van der Waals surface area (Å²) in [6.45, 7) is 4.37. The molecular weight excluding hydrogens is 172 g/mol. The highest BCUT2D eigenvalue weighted by Crippen LogP contribution is 1.95. The molecule has 1 amide bonds. The molecule has 76 valence electrons. The summed E-state index contributed by atoms with van der Waals surface area (Å²) < 4.78 is 5.12. The number of amides is 1. The van der Waals surface area contributed by atoms with Gasteiger partial charge in [-0.15, -0.1) is 0 Å². The molecule has 5 heteroatoms. The van der Waals surface area contributed by atoms with Crippen molar-refractivity contribution in [2.24, 2.45) is 5.16 Å². The summed E-state index contributed by atoms with van der Waals surface area (Å²) in [6.07, 6.45) is 0.981. The van der Waals surface area contributed by atoms with Crippen LogP contribution in [0.15, 0.2) is 5.16 Å². The Balaban J connectivity index is 3.94. The maximum absolute atomic E-state index is 10.6. The molecule has 0 radical (unpaired) electrons. The van der Waals surface area contributed by atoms with E-state index in [1.54, 1.807) is 0 Å². The van der Waals surface area contributed by atoms with Gasteiger partial charge in [-0.3, -0.25) is 4.84 Å². The van der Waals surface area contributed by atoms with Gasteiger partial charge in [0.05, 0.1) is 6.61 Å². The molecule has 0 aromatic heterocycles. The Labute approximate surface area is 78.1 Å². The van der Waals surface area contributed by atoms with Crippen LogP contribution in [-0.2, 0) is 9.57 Å². The normalized spacial score (nSPS) is 10.8. The van der Waals surface area contributed by atoms with Crippen molar-refractivity contribution >= 4 is 12.0 Å². The number of nitrogens with zero attached hydrogens (tertiary/aromatic N) is 1. The molecule has 0 atom stereocenters. The molecule has 0 aliphatic rings. The Morgan fingerprint density at radius 3 is 2.62 bits per heavy atom. The second-order valence-electron chi connectivity index (χ2n) is 2.30. The van der Waals surface area contributed by atoms with E-state index in [0.29, 0.717) is 18.9 Å². The summed E-state index contributed by atoms with van der Waals surface area (Å²) in [7, 11) is 1.47. The van der Waals surface area contributed by atoms with Crippen LogP contribution in [0, 0.1) is 0 Å². The summed E-state index contributed by atoms with van der Waals surface area (Å²) in [5.41, 5.74) is 0. The Kier molecular flexibility index (Phi) is 6.68. The van der Waals surface area contributed by atoms with Crippen LogP contribution in [0.5, 0.6) is 0 Å². The largest absolute Gasteiger partial charge is 0.479 e. The van der Waals surface area contributed by atoms with E-state index in [4.69, 9.17) is 4.74 Å². The monoisotopic (exact) mass is 188 g/mol. The van der Waals surface area contributed by atoms with Crippen LogP contribution in [0.2, 0.25) is 0 Å². The van der Waals surface area contributed by atoms with Crippen LogP contribution in [0.4, 0.5) is 4.79 Å². The van der Waals surface area contributed by atoms with Crippen LogP contribution >= 0.6 is 0 Å². The average molecular weight is 188 g/mol.